The van der Waals surface area contributed by atoms with Gasteiger partial charge in [0.25, 0.3) is 0 Å². The van der Waals surface area contributed by atoms with Crippen molar-refractivity contribution >= 4 is 27.9 Å². The molecule has 0 radical (unpaired) electrons. The van der Waals surface area contributed by atoms with E-state index in [0.717, 1.165) is 78.7 Å². The summed E-state index contributed by atoms with van der Waals surface area (Å²) >= 11 is 3.65. The predicted molar refractivity (Wildman–Crippen MR) is 201 cm³/mol. The number of piperazine rings is 1. The van der Waals surface area contributed by atoms with E-state index in [4.69, 9.17) is 9.72 Å². The summed E-state index contributed by atoms with van der Waals surface area (Å²) in [6.07, 6.45) is 11.1. The van der Waals surface area contributed by atoms with E-state index in [-0.39, 0.29) is 24.1 Å². The van der Waals surface area contributed by atoms with Crippen LogP contribution in [0.5, 0.6) is 0 Å². The number of pyridine rings is 1. The molecule has 2 amide bonds. The molecule has 0 unspecified atom stereocenters. The van der Waals surface area contributed by atoms with Crippen molar-refractivity contribution in [2.75, 3.05) is 26.2 Å². The van der Waals surface area contributed by atoms with Gasteiger partial charge in [0.2, 0.25) is 5.91 Å². The van der Waals surface area contributed by atoms with Gasteiger partial charge in [0.15, 0.2) is 0 Å². The lowest BCUT2D eigenvalue weighted by Gasteiger charge is -2.45. The van der Waals surface area contributed by atoms with Crippen LogP contribution in [0.25, 0.3) is 0 Å². The third-order valence-corrected chi connectivity index (χ3v) is 11.2. The standard InChI is InChI=1S/C41H49BrN6O3/c1-29-26-45(30(2)44-29)20-11-21-47(27-31-12-5-3-6-13-31)40(49)37-28-46(22-23-48(37)41(50)51-35-15-7-4-8-16-35)39-36-17-10-9-14-32(36)18-19-33-24-34(42)25-43-38(33)39/h3,5-6,9-10,12-14,17,24-26,35,37,39H,4,7-8,11,15-16,18-23,27-28H2,1-2H3/t37-,39+/m1/s1. The molecule has 1 saturated heterocycles. The molecule has 3 aliphatic rings. The lowest BCUT2D eigenvalue weighted by atomic mass is 9.95. The number of hydrogen-bond donors (Lipinski definition) is 0. The summed E-state index contributed by atoms with van der Waals surface area (Å²) in [5.41, 5.74) is 6.81. The molecule has 2 atom stereocenters. The first-order valence-corrected chi connectivity index (χ1v) is 19.4. The topological polar surface area (TPSA) is 83.8 Å². The second-order valence-electron chi connectivity index (χ2n) is 14.4. The van der Waals surface area contributed by atoms with E-state index in [1.54, 1.807) is 4.90 Å². The Labute approximate surface area is 310 Å². The highest BCUT2D eigenvalue weighted by molar-refractivity contribution is 9.10. The molecular formula is C41H49BrN6O3. The zero-order valence-electron chi connectivity index (χ0n) is 29.8. The second-order valence-corrected chi connectivity index (χ2v) is 15.3. The summed E-state index contributed by atoms with van der Waals surface area (Å²) in [6, 6.07) is 20.1. The highest BCUT2D eigenvalue weighted by Gasteiger charge is 2.42. The van der Waals surface area contributed by atoms with E-state index in [1.165, 1.54) is 23.1 Å². The van der Waals surface area contributed by atoms with Gasteiger partial charge in [-0.05, 0) is 103 Å². The van der Waals surface area contributed by atoms with Crippen LogP contribution in [-0.4, -0.2) is 79.6 Å². The van der Waals surface area contributed by atoms with Crippen molar-refractivity contribution in [3.05, 3.63) is 117 Å². The maximum atomic E-state index is 15.1. The third-order valence-electron chi connectivity index (χ3n) is 10.8. The number of nitrogens with zero attached hydrogens (tertiary/aromatic N) is 6. The van der Waals surface area contributed by atoms with Gasteiger partial charge in [-0.2, -0.15) is 0 Å². The fourth-order valence-corrected chi connectivity index (χ4v) is 8.60. The Morgan fingerprint density at radius 3 is 2.51 bits per heavy atom. The summed E-state index contributed by atoms with van der Waals surface area (Å²) in [5, 5.41) is 0. The molecule has 2 aromatic heterocycles. The van der Waals surface area contributed by atoms with E-state index in [0.29, 0.717) is 32.7 Å². The van der Waals surface area contributed by atoms with E-state index in [2.05, 4.69) is 79.0 Å². The summed E-state index contributed by atoms with van der Waals surface area (Å²) in [6.45, 7) is 7.20. The van der Waals surface area contributed by atoms with Crippen LogP contribution in [0.1, 0.15) is 84.0 Å². The number of ether oxygens (including phenoxy) is 1. The Balaban J connectivity index is 1.21. The van der Waals surface area contributed by atoms with E-state index in [1.807, 2.05) is 43.1 Å². The molecule has 3 heterocycles. The van der Waals surface area contributed by atoms with Crippen LogP contribution in [0.2, 0.25) is 0 Å². The molecule has 268 valence electrons. The van der Waals surface area contributed by atoms with Gasteiger partial charge in [-0.3, -0.25) is 19.6 Å². The molecule has 7 rings (SSSR count). The van der Waals surface area contributed by atoms with Gasteiger partial charge in [0, 0.05) is 56.1 Å². The highest BCUT2D eigenvalue weighted by Crippen LogP contribution is 2.38. The molecule has 9 nitrogen and oxygen atoms in total. The molecule has 1 aliphatic heterocycles. The number of aryl methyl sites for hydroxylation is 5. The average molecular weight is 754 g/mol. The maximum absolute atomic E-state index is 15.1. The van der Waals surface area contributed by atoms with Crippen LogP contribution >= 0.6 is 15.9 Å². The van der Waals surface area contributed by atoms with Crippen molar-refractivity contribution in [1.29, 1.82) is 0 Å². The number of rotatable bonds is 9. The monoisotopic (exact) mass is 752 g/mol. The second kappa shape index (κ2) is 16.1. The van der Waals surface area contributed by atoms with E-state index >= 15 is 4.79 Å². The van der Waals surface area contributed by atoms with Gasteiger partial charge in [-0.15, -0.1) is 0 Å². The molecule has 4 aromatic rings. The summed E-state index contributed by atoms with van der Waals surface area (Å²) in [7, 11) is 0. The van der Waals surface area contributed by atoms with Gasteiger partial charge in [-0.1, -0.05) is 61.0 Å². The van der Waals surface area contributed by atoms with Gasteiger partial charge < -0.3 is 14.2 Å². The van der Waals surface area contributed by atoms with Crippen LogP contribution in [0, 0.1) is 13.8 Å². The van der Waals surface area contributed by atoms with Crippen molar-refractivity contribution in [3.8, 4) is 0 Å². The number of aromatic nitrogens is 3. The van der Waals surface area contributed by atoms with Crippen LogP contribution in [-0.2, 0) is 35.5 Å². The largest absolute Gasteiger partial charge is 0.446 e. The van der Waals surface area contributed by atoms with Gasteiger partial charge >= 0.3 is 6.09 Å². The smallest absolute Gasteiger partial charge is 0.410 e. The molecule has 2 aliphatic carbocycles. The highest BCUT2D eigenvalue weighted by atomic mass is 79.9. The van der Waals surface area contributed by atoms with Crippen LogP contribution in [0.3, 0.4) is 0 Å². The number of benzene rings is 2. The van der Waals surface area contributed by atoms with Crippen LogP contribution in [0.4, 0.5) is 4.79 Å². The van der Waals surface area contributed by atoms with Crippen molar-refractivity contribution in [1.82, 2.24) is 29.2 Å². The SMILES string of the molecule is Cc1cn(CCCN(Cc2ccccc2)C(=O)[C@H]2CN([C@H]3c4ccccc4CCc4cc(Br)cnc43)CCN2C(=O)OC2CCCCC2)c(C)n1. The normalized spacial score (nSPS) is 19.5. The Hall–Kier alpha value is -4.02. The van der Waals surface area contributed by atoms with Crippen molar-refractivity contribution in [2.45, 2.75) is 96.5 Å². The Bertz CT molecular complexity index is 1820. The number of fused-ring (bicyclic) bond motifs is 2. The molecule has 51 heavy (non-hydrogen) atoms. The van der Waals surface area contributed by atoms with Gasteiger partial charge in [0.1, 0.15) is 18.0 Å². The molecule has 0 N–H and O–H groups in total. The molecule has 0 spiro atoms. The summed E-state index contributed by atoms with van der Waals surface area (Å²) in [4.78, 5) is 44.8. The van der Waals surface area contributed by atoms with Gasteiger partial charge in [0.05, 0.1) is 17.4 Å². The number of imidazole rings is 1. The molecule has 1 saturated carbocycles. The van der Waals surface area contributed by atoms with Crippen molar-refractivity contribution in [3.63, 3.8) is 0 Å². The molecular weight excluding hydrogens is 704 g/mol. The maximum Gasteiger partial charge on any atom is 0.410 e. The minimum Gasteiger partial charge on any atom is -0.446 e. The number of hydrogen-bond acceptors (Lipinski definition) is 6. The molecule has 2 aromatic carbocycles. The Morgan fingerprint density at radius 1 is 0.961 bits per heavy atom. The zero-order chi connectivity index (χ0) is 35.3. The van der Waals surface area contributed by atoms with E-state index in [9.17, 15) is 4.79 Å². The van der Waals surface area contributed by atoms with Crippen molar-refractivity contribution in [2.24, 2.45) is 0 Å². The number of amides is 2. The Kier molecular flexibility index (Phi) is 11.2. The quantitative estimate of drug-likeness (QED) is 0.177. The first-order chi connectivity index (χ1) is 24.8. The molecule has 2 fully saturated rings. The van der Waals surface area contributed by atoms with Crippen molar-refractivity contribution < 1.29 is 14.3 Å². The minimum absolute atomic E-state index is 0.0476. The fraction of sp³-hybridized carbons (Fsp3) is 0.463. The number of carbonyl (C=O) groups is 2. The molecule has 0 bridgehead atoms. The predicted octanol–water partition coefficient (Wildman–Crippen LogP) is 7.42. The summed E-state index contributed by atoms with van der Waals surface area (Å²) < 4.78 is 9.28. The van der Waals surface area contributed by atoms with Crippen LogP contribution < -0.4 is 0 Å². The summed E-state index contributed by atoms with van der Waals surface area (Å²) in [5.74, 6) is 0.922. The first-order valence-electron chi connectivity index (χ1n) is 18.6. The minimum atomic E-state index is -0.704. The van der Waals surface area contributed by atoms with Gasteiger partial charge in [-0.25, -0.2) is 9.78 Å². The lowest BCUT2D eigenvalue weighted by molar-refractivity contribution is -0.140. The fourth-order valence-electron chi connectivity index (χ4n) is 8.22. The zero-order valence-corrected chi connectivity index (χ0v) is 31.4. The Morgan fingerprint density at radius 2 is 1.73 bits per heavy atom. The lowest BCUT2D eigenvalue weighted by Crippen LogP contribution is -2.62. The first kappa shape index (κ1) is 35.4. The number of carbonyl (C=O) groups excluding carboxylic acids is 2. The third kappa shape index (κ3) is 8.23. The van der Waals surface area contributed by atoms with E-state index < -0.39 is 6.04 Å². The van der Waals surface area contributed by atoms with Crippen LogP contribution in [0.15, 0.2) is 77.5 Å². The average Bonchev–Trinajstić information content (AvgIpc) is 3.37. The molecule has 10 heteroatoms. The number of halogens is 1.